The molecule has 32 heavy (non-hydrogen) atoms. The molecule has 1 aliphatic heterocycles. The van der Waals surface area contributed by atoms with E-state index in [4.69, 9.17) is 24.7 Å². The maximum atomic E-state index is 11.6. The number of alkyl carbamates (subject to hydrolysis) is 1. The van der Waals surface area contributed by atoms with E-state index in [0.717, 1.165) is 44.2 Å². The van der Waals surface area contributed by atoms with Crippen LogP contribution in [-0.4, -0.2) is 59.7 Å². The molecule has 1 fully saturated rings. The van der Waals surface area contributed by atoms with E-state index in [9.17, 15) is 4.79 Å². The lowest BCUT2D eigenvalue weighted by molar-refractivity contribution is -0.0377. The third-order valence-corrected chi connectivity index (χ3v) is 4.86. The number of benzene rings is 1. The Balaban J connectivity index is 1.37. The van der Waals surface area contributed by atoms with E-state index in [2.05, 4.69) is 15.6 Å². The van der Waals surface area contributed by atoms with Crippen LogP contribution in [0.1, 0.15) is 59.1 Å². The summed E-state index contributed by atoms with van der Waals surface area (Å²) >= 11 is 0. The number of fused-ring (bicyclic) bond motifs is 1. The highest BCUT2D eigenvalue weighted by Gasteiger charge is 2.21. The highest BCUT2D eigenvalue weighted by atomic mass is 16.6. The number of aromatic nitrogens is 3. The van der Waals surface area contributed by atoms with Gasteiger partial charge in [-0.05, 0) is 58.9 Å². The van der Waals surface area contributed by atoms with E-state index in [-0.39, 0.29) is 6.23 Å². The van der Waals surface area contributed by atoms with Crippen LogP contribution in [0, 0.1) is 0 Å². The maximum Gasteiger partial charge on any atom is 0.407 e. The first-order chi connectivity index (χ1) is 15.3. The van der Waals surface area contributed by atoms with Gasteiger partial charge in [-0.3, -0.25) is 0 Å². The summed E-state index contributed by atoms with van der Waals surface area (Å²) in [4.78, 5) is 11.6. The first kappa shape index (κ1) is 24.1. The molecule has 3 rings (SSSR count). The van der Waals surface area contributed by atoms with Crippen LogP contribution in [0.2, 0.25) is 0 Å². The molecule has 2 aromatic rings. The third-order valence-electron chi connectivity index (χ3n) is 4.86. The number of anilines is 1. The number of unbranched alkanes of at least 4 members (excludes halogenated alkanes) is 1. The van der Waals surface area contributed by atoms with E-state index in [1.165, 1.54) is 0 Å². The summed E-state index contributed by atoms with van der Waals surface area (Å²) in [7, 11) is 0. The van der Waals surface area contributed by atoms with Crippen molar-refractivity contribution in [1.29, 1.82) is 0 Å². The van der Waals surface area contributed by atoms with Crippen LogP contribution in [0.15, 0.2) is 12.1 Å². The molecule has 0 saturated carbocycles. The molecule has 0 bridgehead atoms. The molecule has 1 saturated heterocycles. The van der Waals surface area contributed by atoms with E-state index in [0.29, 0.717) is 43.3 Å². The normalized spacial score (nSPS) is 16.8. The number of nitrogens with one attached hydrogen (secondary N) is 1. The Bertz CT molecular complexity index is 873. The molecule has 0 radical (unpaired) electrons. The molecule has 178 valence electrons. The number of hydrogen-bond acceptors (Lipinski definition) is 8. The van der Waals surface area contributed by atoms with Crippen molar-refractivity contribution in [3.63, 3.8) is 0 Å². The summed E-state index contributed by atoms with van der Waals surface area (Å²) in [6.45, 7) is 8.19. The fraction of sp³-hybridized carbons (Fsp3) is 0.682. The second-order valence-corrected chi connectivity index (χ2v) is 8.84. The molecule has 2 heterocycles. The first-order valence-corrected chi connectivity index (χ1v) is 11.3. The van der Waals surface area contributed by atoms with Gasteiger partial charge in [-0.2, -0.15) is 0 Å². The smallest absolute Gasteiger partial charge is 0.407 e. The lowest BCUT2D eigenvalue weighted by Crippen LogP contribution is -2.33. The molecular weight excluding hydrogens is 414 g/mol. The van der Waals surface area contributed by atoms with Gasteiger partial charge in [0.1, 0.15) is 12.2 Å². The van der Waals surface area contributed by atoms with Gasteiger partial charge in [-0.25, -0.2) is 9.48 Å². The Morgan fingerprint density at radius 1 is 1.25 bits per heavy atom. The summed E-state index contributed by atoms with van der Waals surface area (Å²) in [5, 5.41) is 11.3. The molecule has 0 aliphatic carbocycles. The van der Waals surface area contributed by atoms with Gasteiger partial charge in [0, 0.05) is 31.5 Å². The van der Waals surface area contributed by atoms with Gasteiger partial charge < -0.3 is 30.0 Å². The van der Waals surface area contributed by atoms with Crippen LogP contribution >= 0.6 is 0 Å². The van der Waals surface area contributed by atoms with Crippen molar-refractivity contribution in [2.75, 3.05) is 38.7 Å². The minimum absolute atomic E-state index is 0.114. The van der Waals surface area contributed by atoms with Crippen molar-refractivity contribution < 1.29 is 23.7 Å². The average molecular weight is 450 g/mol. The van der Waals surface area contributed by atoms with Gasteiger partial charge in [-0.15, -0.1) is 5.10 Å². The largest absolute Gasteiger partial charge is 0.489 e. The number of rotatable bonds is 10. The van der Waals surface area contributed by atoms with Crippen LogP contribution in [0.3, 0.4) is 0 Å². The lowest BCUT2D eigenvalue weighted by Gasteiger charge is -2.22. The minimum atomic E-state index is -0.486. The van der Waals surface area contributed by atoms with Gasteiger partial charge in [0.25, 0.3) is 0 Å². The Labute approximate surface area is 188 Å². The first-order valence-electron chi connectivity index (χ1n) is 11.3. The van der Waals surface area contributed by atoms with Crippen LogP contribution in [0.25, 0.3) is 11.0 Å². The minimum Gasteiger partial charge on any atom is -0.489 e. The van der Waals surface area contributed by atoms with Gasteiger partial charge >= 0.3 is 6.09 Å². The number of hydrogen-bond donors (Lipinski definition) is 2. The topological polar surface area (TPSA) is 123 Å². The molecule has 1 atom stereocenters. The zero-order chi connectivity index (χ0) is 23.0. The number of nitrogens with zero attached hydrogens (tertiary/aromatic N) is 3. The standard InChI is InChI=1S/C22H35N5O5/c1-22(2,3)32-21(28)24-9-5-7-10-29-12-13-30-18-15-16(23)14-17-20(18)25-26-27(17)19-8-4-6-11-31-19/h14-15,19H,4-13,23H2,1-3H3,(H,24,28). The SMILES string of the molecule is CC(C)(C)OC(=O)NCCCCOCCOc1cc(N)cc2c1nnn2C1CCCCO1. The van der Waals surface area contributed by atoms with Crippen molar-refractivity contribution in [3.05, 3.63) is 12.1 Å². The molecule has 0 spiro atoms. The van der Waals surface area contributed by atoms with E-state index in [1.807, 2.05) is 26.8 Å². The van der Waals surface area contributed by atoms with Gasteiger partial charge in [-0.1, -0.05) is 5.21 Å². The number of amides is 1. The highest BCUT2D eigenvalue weighted by molar-refractivity contribution is 5.84. The predicted octanol–water partition coefficient (Wildman–Crippen LogP) is 3.41. The van der Waals surface area contributed by atoms with Crippen molar-refractivity contribution in [2.45, 2.75) is 64.7 Å². The van der Waals surface area contributed by atoms with Crippen molar-refractivity contribution >= 4 is 22.8 Å². The Morgan fingerprint density at radius 3 is 2.84 bits per heavy atom. The molecule has 1 aromatic carbocycles. The second kappa shape index (κ2) is 11.3. The number of ether oxygens (including phenoxy) is 4. The summed E-state index contributed by atoms with van der Waals surface area (Å²) in [5.74, 6) is 0.590. The molecule has 10 heteroatoms. The summed E-state index contributed by atoms with van der Waals surface area (Å²) < 4.78 is 24.3. The molecule has 1 amide bonds. The monoisotopic (exact) mass is 449 g/mol. The molecule has 1 aromatic heterocycles. The molecule has 1 unspecified atom stereocenters. The maximum absolute atomic E-state index is 11.6. The van der Waals surface area contributed by atoms with Gasteiger partial charge in [0.05, 0.1) is 12.1 Å². The van der Waals surface area contributed by atoms with E-state index >= 15 is 0 Å². The number of carbonyl (C=O) groups is 1. The second-order valence-electron chi connectivity index (χ2n) is 8.84. The van der Waals surface area contributed by atoms with Gasteiger partial charge in [0.2, 0.25) is 0 Å². The van der Waals surface area contributed by atoms with E-state index in [1.54, 1.807) is 10.7 Å². The molecule has 3 N–H and O–H groups in total. The quantitative estimate of drug-likeness (QED) is 0.418. The van der Waals surface area contributed by atoms with Crippen LogP contribution in [0.5, 0.6) is 5.75 Å². The fourth-order valence-electron chi connectivity index (χ4n) is 3.42. The molecule has 10 nitrogen and oxygen atoms in total. The van der Waals surface area contributed by atoms with Gasteiger partial charge in [0.15, 0.2) is 17.5 Å². The van der Waals surface area contributed by atoms with Crippen molar-refractivity contribution in [3.8, 4) is 5.75 Å². The number of nitrogens with two attached hydrogens (primary N) is 1. The highest BCUT2D eigenvalue weighted by Crippen LogP contribution is 2.31. The summed E-state index contributed by atoms with van der Waals surface area (Å²) in [6.07, 6.45) is 4.20. The number of carbonyl (C=O) groups excluding carboxylic acids is 1. The van der Waals surface area contributed by atoms with Crippen molar-refractivity contribution in [2.24, 2.45) is 0 Å². The van der Waals surface area contributed by atoms with Crippen LogP contribution in [-0.2, 0) is 14.2 Å². The third kappa shape index (κ3) is 7.23. The lowest BCUT2D eigenvalue weighted by atomic mass is 10.2. The molecule has 1 aliphatic rings. The molecular formula is C22H35N5O5. The average Bonchev–Trinajstić information content (AvgIpc) is 3.15. The number of nitrogen functional groups attached to an aromatic ring is 1. The van der Waals surface area contributed by atoms with Crippen molar-refractivity contribution in [1.82, 2.24) is 20.3 Å². The summed E-state index contributed by atoms with van der Waals surface area (Å²) in [6, 6.07) is 3.60. The zero-order valence-electron chi connectivity index (χ0n) is 19.3. The van der Waals surface area contributed by atoms with Crippen LogP contribution < -0.4 is 15.8 Å². The fourth-order valence-corrected chi connectivity index (χ4v) is 3.42. The van der Waals surface area contributed by atoms with E-state index < -0.39 is 11.7 Å². The predicted molar refractivity (Wildman–Crippen MR) is 121 cm³/mol. The van der Waals surface area contributed by atoms with Crippen LogP contribution in [0.4, 0.5) is 10.5 Å². The summed E-state index contributed by atoms with van der Waals surface area (Å²) in [5.41, 5.74) is 7.66. The Hall–Kier alpha value is -2.59. The Kier molecular flexibility index (Phi) is 8.52. The zero-order valence-corrected chi connectivity index (χ0v) is 19.3. The Morgan fingerprint density at radius 2 is 2.09 bits per heavy atom.